The highest BCUT2D eigenvalue weighted by Gasteiger charge is 2.10. The first-order valence-electron chi connectivity index (χ1n) is 8.25. The molecule has 1 heterocycles. The van der Waals surface area contributed by atoms with Crippen molar-refractivity contribution in [1.82, 2.24) is 10.3 Å². The highest BCUT2D eigenvalue weighted by molar-refractivity contribution is 6.01. The zero-order valence-corrected chi connectivity index (χ0v) is 14.6. The van der Waals surface area contributed by atoms with Gasteiger partial charge < -0.3 is 14.8 Å². The standard InChI is InChI=1S/C20H21N3O3/c1-25-12-6-11-23-20(24)17(14-21)13-16-7-2-3-9-19(16)26-15-18-8-4-5-10-22-18/h2-5,7-10,13H,6,11-12,15H2,1H3,(H,23,24)/b17-13+. The molecule has 0 aliphatic heterocycles. The summed E-state index contributed by atoms with van der Waals surface area (Å²) in [6, 6.07) is 14.8. The summed E-state index contributed by atoms with van der Waals surface area (Å²) in [4.78, 5) is 16.3. The average molecular weight is 351 g/mol. The molecule has 1 N–H and O–H groups in total. The van der Waals surface area contributed by atoms with E-state index in [2.05, 4.69) is 10.3 Å². The summed E-state index contributed by atoms with van der Waals surface area (Å²) in [5.74, 6) is 0.168. The minimum Gasteiger partial charge on any atom is -0.487 e. The fourth-order valence-electron chi connectivity index (χ4n) is 2.18. The number of aromatic nitrogens is 1. The van der Waals surface area contributed by atoms with E-state index in [0.29, 0.717) is 37.5 Å². The summed E-state index contributed by atoms with van der Waals surface area (Å²) in [7, 11) is 1.60. The van der Waals surface area contributed by atoms with Crippen LogP contribution in [-0.2, 0) is 16.1 Å². The molecule has 2 rings (SSSR count). The van der Waals surface area contributed by atoms with Crippen LogP contribution in [0.1, 0.15) is 17.7 Å². The number of methoxy groups -OCH3 is 1. The molecule has 134 valence electrons. The Balaban J connectivity index is 2.07. The van der Waals surface area contributed by atoms with Gasteiger partial charge in [-0.3, -0.25) is 9.78 Å². The van der Waals surface area contributed by atoms with Crippen molar-refractivity contribution in [3.63, 3.8) is 0 Å². The Morgan fingerprint density at radius 1 is 1.27 bits per heavy atom. The molecule has 0 radical (unpaired) electrons. The highest BCUT2D eigenvalue weighted by Crippen LogP contribution is 2.22. The maximum Gasteiger partial charge on any atom is 0.261 e. The summed E-state index contributed by atoms with van der Waals surface area (Å²) < 4.78 is 10.7. The minimum absolute atomic E-state index is 0.0244. The van der Waals surface area contributed by atoms with Gasteiger partial charge in [0.15, 0.2) is 0 Å². The van der Waals surface area contributed by atoms with E-state index >= 15 is 0 Å². The maximum absolute atomic E-state index is 12.1. The Labute approximate surface area is 153 Å². The number of rotatable bonds is 9. The molecule has 0 unspecified atom stereocenters. The summed E-state index contributed by atoms with van der Waals surface area (Å²) in [5, 5.41) is 12.0. The first-order valence-corrected chi connectivity index (χ1v) is 8.25. The van der Waals surface area contributed by atoms with Crippen molar-refractivity contribution in [1.29, 1.82) is 5.26 Å². The smallest absolute Gasteiger partial charge is 0.261 e. The van der Waals surface area contributed by atoms with E-state index in [1.807, 2.05) is 36.4 Å². The van der Waals surface area contributed by atoms with Crippen molar-refractivity contribution in [2.24, 2.45) is 0 Å². The van der Waals surface area contributed by atoms with Gasteiger partial charge in [-0.05, 0) is 30.7 Å². The molecule has 0 spiro atoms. The quantitative estimate of drug-likeness (QED) is 0.427. The van der Waals surface area contributed by atoms with Gasteiger partial charge in [-0.2, -0.15) is 5.26 Å². The number of nitrogens with one attached hydrogen (secondary N) is 1. The Morgan fingerprint density at radius 2 is 2.08 bits per heavy atom. The lowest BCUT2D eigenvalue weighted by atomic mass is 10.1. The minimum atomic E-state index is -0.414. The van der Waals surface area contributed by atoms with Crippen LogP contribution >= 0.6 is 0 Å². The maximum atomic E-state index is 12.1. The van der Waals surface area contributed by atoms with Gasteiger partial charge >= 0.3 is 0 Å². The van der Waals surface area contributed by atoms with Crippen molar-refractivity contribution in [2.75, 3.05) is 20.3 Å². The van der Waals surface area contributed by atoms with Gasteiger partial charge in [-0.15, -0.1) is 0 Å². The van der Waals surface area contributed by atoms with E-state index in [9.17, 15) is 10.1 Å². The second-order valence-corrected chi connectivity index (χ2v) is 5.42. The summed E-state index contributed by atoms with van der Waals surface area (Å²) in [6.45, 7) is 1.30. The van der Waals surface area contributed by atoms with Crippen molar-refractivity contribution in [2.45, 2.75) is 13.0 Å². The van der Waals surface area contributed by atoms with E-state index in [4.69, 9.17) is 9.47 Å². The molecular weight excluding hydrogens is 330 g/mol. The number of amides is 1. The van der Waals surface area contributed by atoms with Gasteiger partial charge in [-0.1, -0.05) is 24.3 Å². The van der Waals surface area contributed by atoms with Gasteiger partial charge in [0.25, 0.3) is 5.91 Å². The number of hydrogen-bond acceptors (Lipinski definition) is 5. The number of nitrogens with zero attached hydrogens (tertiary/aromatic N) is 2. The molecule has 1 amide bonds. The molecular formula is C20H21N3O3. The van der Waals surface area contributed by atoms with Gasteiger partial charge in [0.05, 0.1) is 5.69 Å². The van der Waals surface area contributed by atoms with Crippen molar-refractivity contribution in [3.8, 4) is 11.8 Å². The average Bonchev–Trinajstić information content (AvgIpc) is 2.69. The molecule has 0 atom stereocenters. The summed E-state index contributed by atoms with van der Waals surface area (Å²) >= 11 is 0. The van der Waals surface area contributed by atoms with Gasteiger partial charge in [-0.25, -0.2) is 0 Å². The van der Waals surface area contributed by atoms with Gasteiger partial charge in [0.1, 0.15) is 24.0 Å². The van der Waals surface area contributed by atoms with Gasteiger partial charge in [0, 0.05) is 32.0 Å². The van der Waals surface area contributed by atoms with Crippen molar-refractivity contribution in [3.05, 3.63) is 65.5 Å². The van der Waals surface area contributed by atoms with Crippen LogP contribution in [0, 0.1) is 11.3 Å². The number of para-hydroxylation sites is 1. The van der Waals surface area contributed by atoms with Crippen LogP contribution in [0.15, 0.2) is 54.2 Å². The Morgan fingerprint density at radius 3 is 2.81 bits per heavy atom. The van der Waals surface area contributed by atoms with E-state index in [0.717, 1.165) is 5.69 Å². The Bertz CT molecular complexity index is 782. The molecule has 0 bridgehead atoms. The molecule has 0 aliphatic rings. The van der Waals surface area contributed by atoms with Crippen molar-refractivity contribution >= 4 is 12.0 Å². The van der Waals surface area contributed by atoms with Crippen LogP contribution in [0.3, 0.4) is 0 Å². The van der Waals surface area contributed by atoms with Gasteiger partial charge in [0.2, 0.25) is 0 Å². The fraction of sp³-hybridized carbons (Fsp3) is 0.250. The number of carbonyl (C=O) groups is 1. The molecule has 26 heavy (non-hydrogen) atoms. The van der Waals surface area contributed by atoms with Crippen molar-refractivity contribution < 1.29 is 14.3 Å². The van der Waals surface area contributed by atoms with Crippen LogP contribution in [0.2, 0.25) is 0 Å². The lowest BCUT2D eigenvalue weighted by Gasteiger charge is -2.09. The summed E-state index contributed by atoms with van der Waals surface area (Å²) in [5.41, 5.74) is 1.48. The van der Waals surface area contributed by atoms with E-state index in [-0.39, 0.29) is 5.57 Å². The number of nitriles is 1. The van der Waals surface area contributed by atoms with E-state index < -0.39 is 5.91 Å². The fourth-order valence-corrected chi connectivity index (χ4v) is 2.18. The predicted octanol–water partition coefficient (Wildman–Crippen LogP) is 2.72. The molecule has 0 saturated carbocycles. The molecule has 2 aromatic rings. The van der Waals surface area contributed by atoms with Crippen LogP contribution in [0.25, 0.3) is 6.08 Å². The third-order valence-corrected chi connectivity index (χ3v) is 3.50. The van der Waals surface area contributed by atoms with E-state index in [1.54, 1.807) is 25.4 Å². The third-order valence-electron chi connectivity index (χ3n) is 3.50. The molecule has 6 nitrogen and oxygen atoms in total. The van der Waals surface area contributed by atoms with E-state index in [1.165, 1.54) is 6.08 Å². The monoisotopic (exact) mass is 351 g/mol. The zero-order valence-electron chi connectivity index (χ0n) is 14.6. The molecule has 1 aromatic heterocycles. The topological polar surface area (TPSA) is 84.2 Å². The molecule has 6 heteroatoms. The zero-order chi connectivity index (χ0) is 18.6. The first-order chi connectivity index (χ1) is 12.7. The first kappa shape index (κ1) is 19.2. The largest absolute Gasteiger partial charge is 0.487 e. The molecule has 1 aromatic carbocycles. The molecule has 0 aliphatic carbocycles. The van der Waals surface area contributed by atoms with Crippen LogP contribution in [0.4, 0.5) is 0 Å². The Hall–Kier alpha value is -3.17. The van der Waals surface area contributed by atoms with Crippen LogP contribution in [0.5, 0.6) is 5.75 Å². The number of benzene rings is 1. The van der Waals surface area contributed by atoms with Crippen LogP contribution in [-0.4, -0.2) is 31.2 Å². The molecule has 0 saturated heterocycles. The van der Waals surface area contributed by atoms with Crippen LogP contribution < -0.4 is 10.1 Å². The Kier molecular flexibility index (Phi) is 7.84. The second kappa shape index (κ2) is 10.6. The number of ether oxygens (including phenoxy) is 2. The number of carbonyl (C=O) groups excluding carboxylic acids is 1. The lowest BCUT2D eigenvalue weighted by molar-refractivity contribution is -0.117. The number of pyridine rings is 1. The SMILES string of the molecule is COCCCNC(=O)/C(C#N)=C/c1ccccc1OCc1ccccn1. The normalized spacial score (nSPS) is 10.8. The summed E-state index contributed by atoms with van der Waals surface area (Å²) in [6.07, 6.45) is 3.91. The lowest BCUT2D eigenvalue weighted by Crippen LogP contribution is -2.26. The second-order valence-electron chi connectivity index (χ2n) is 5.42. The predicted molar refractivity (Wildman–Crippen MR) is 98.1 cm³/mol. The number of hydrogen-bond donors (Lipinski definition) is 1. The highest BCUT2D eigenvalue weighted by atomic mass is 16.5. The third kappa shape index (κ3) is 6.04. The molecule has 0 fully saturated rings.